The van der Waals surface area contributed by atoms with Gasteiger partial charge < -0.3 is 9.63 Å². The molecule has 0 fully saturated rings. The molecule has 88 valence electrons. The van der Waals surface area contributed by atoms with Crippen molar-refractivity contribution in [1.82, 2.24) is 5.16 Å². The number of halogens is 1. The maximum absolute atomic E-state index is 10.9. The number of carboxylic acid groups (broad SMARTS) is 1. The summed E-state index contributed by atoms with van der Waals surface area (Å²) in [6.07, 6.45) is 0. The topological polar surface area (TPSA) is 63.3 Å². The zero-order valence-electron chi connectivity index (χ0n) is 9.32. The first-order valence-electron chi connectivity index (χ1n) is 4.97. The third-order valence-electron chi connectivity index (χ3n) is 2.52. The van der Waals surface area contributed by atoms with Crippen molar-refractivity contribution in [2.45, 2.75) is 13.8 Å². The van der Waals surface area contributed by atoms with E-state index in [1.165, 1.54) is 12.1 Å². The van der Waals surface area contributed by atoms with Gasteiger partial charge in [0.25, 0.3) is 0 Å². The lowest BCUT2D eigenvalue weighted by Crippen LogP contribution is -1.96. The highest BCUT2D eigenvalue weighted by Crippen LogP contribution is 2.33. The number of nitrogens with zero attached hydrogens (tertiary/aromatic N) is 1. The fourth-order valence-electron chi connectivity index (χ4n) is 1.72. The zero-order valence-corrected chi connectivity index (χ0v) is 10.1. The highest BCUT2D eigenvalue weighted by Gasteiger charge is 2.16. The van der Waals surface area contributed by atoms with Gasteiger partial charge in [-0.3, -0.25) is 0 Å². The van der Waals surface area contributed by atoms with Crippen molar-refractivity contribution in [1.29, 1.82) is 0 Å². The summed E-state index contributed by atoms with van der Waals surface area (Å²) < 4.78 is 5.05. The highest BCUT2D eigenvalue weighted by molar-refractivity contribution is 6.33. The first kappa shape index (κ1) is 11.7. The van der Waals surface area contributed by atoms with E-state index in [0.717, 1.165) is 5.56 Å². The standard InChI is InChI=1S/C12H10ClNO3/c1-6-11(7(2)17-14-6)9-5-8(12(15)16)3-4-10(9)13/h3-5H,1-2H3,(H,15,16). The number of rotatable bonds is 2. The third kappa shape index (κ3) is 2.03. The van der Waals surface area contributed by atoms with E-state index in [2.05, 4.69) is 5.16 Å². The summed E-state index contributed by atoms with van der Waals surface area (Å²) in [5.74, 6) is -0.374. The van der Waals surface area contributed by atoms with Crippen molar-refractivity contribution in [3.63, 3.8) is 0 Å². The molecule has 1 aromatic heterocycles. The second-order valence-corrected chi connectivity index (χ2v) is 4.11. The molecule has 0 unspecified atom stereocenters. The maximum atomic E-state index is 10.9. The predicted octanol–water partition coefficient (Wildman–Crippen LogP) is 3.31. The van der Waals surface area contributed by atoms with Crippen molar-refractivity contribution in [3.05, 3.63) is 40.2 Å². The van der Waals surface area contributed by atoms with Gasteiger partial charge in [0.1, 0.15) is 5.76 Å². The molecule has 0 saturated carbocycles. The Bertz CT molecular complexity index is 570. The van der Waals surface area contributed by atoms with Gasteiger partial charge in [-0.2, -0.15) is 0 Å². The molecule has 1 N–H and O–H groups in total. The van der Waals surface area contributed by atoms with Crippen LogP contribution in [0.4, 0.5) is 0 Å². The number of aromatic nitrogens is 1. The van der Waals surface area contributed by atoms with Crippen LogP contribution in [0.1, 0.15) is 21.8 Å². The van der Waals surface area contributed by atoms with Gasteiger partial charge in [-0.05, 0) is 32.0 Å². The normalized spacial score (nSPS) is 10.5. The van der Waals surface area contributed by atoms with E-state index in [4.69, 9.17) is 21.2 Å². The molecule has 0 radical (unpaired) electrons. The molecule has 0 bridgehead atoms. The van der Waals surface area contributed by atoms with Crippen LogP contribution < -0.4 is 0 Å². The molecule has 2 rings (SSSR count). The Balaban J connectivity index is 2.66. The zero-order chi connectivity index (χ0) is 12.6. The Morgan fingerprint density at radius 1 is 1.41 bits per heavy atom. The Labute approximate surface area is 103 Å². The Kier molecular flexibility index (Phi) is 2.90. The second kappa shape index (κ2) is 4.22. The molecule has 0 aliphatic rings. The second-order valence-electron chi connectivity index (χ2n) is 3.70. The molecule has 0 saturated heterocycles. The van der Waals surface area contributed by atoms with E-state index in [1.54, 1.807) is 19.9 Å². The number of aromatic carboxylic acids is 1. The molecular formula is C12H10ClNO3. The molecular weight excluding hydrogens is 242 g/mol. The first-order valence-corrected chi connectivity index (χ1v) is 5.34. The lowest BCUT2D eigenvalue weighted by Gasteiger charge is -2.05. The van der Waals surface area contributed by atoms with E-state index in [-0.39, 0.29) is 5.56 Å². The summed E-state index contributed by atoms with van der Waals surface area (Å²) >= 11 is 6.07. The molecule has 2 aromatic rings. The van der Waals surface area contributed by atoms with Gasteiger partial charge in [0.15, 0.2) is 0 Å². The molecule has 17 heavy (non-hydrogen) atoms. The first-order chi connectivity index (χ1) is 8.00. The average molecular weight is 252 g/mol. The van der Waals surface area contributed by atoms with Gasteiger partial charge in [0, 0.05) is 16.1 Å². The van der Waals surface area contributed by atoms with E-state index >= 15 is 0 Å². The SMILES string of the molecule is Cc1noc(C)c1-c1cc(C(=O)O)ccc1Cl. The Morgan fingerprint density at radius 3 is 2.65 bits per heavy atom. The average Bonchev–Trinajstić information content (AvgIpc) is 2.59. The Morgan fingerprint density at radius 2 is 2.12 bits per heavy atom. The number of hydrogen-bond donors (Lipinski definition) is 1. The minimum atomic E-state index is -0.991. The van der Waals surface area contributed by atoms with Crippen molar-refractivity contribution in [2.75, 3.05) is 0 Å². The van der Waals surface area contributed by atoms with Crippen molar-refractivity contribution in [2.24, 2.45) is 0 Å². The van der Waals surface area contributed by atoms with Crippen LogP contribution in [-0.4, -0.2) is 16.2 Å². The van der Waals surface area contributed by atoms with E-state index in [1.807, 2.05) is 0 Å². The van der Waals surface area contributed by atoms with Gasteiger partial charge in [-0.25, -0.2) is 4.79 Å². The highest BCUT2D eigenvalue weighted by atomic mass is 35.5. The van der Waals surface area contributed by atoms with Crippen molar-refractivity contribution in [3.8, 4) is 11.1 Å². The lowest BCUT2D eigenvalue weighted by molar-refractivity contribution is 0.0697. The van der Waals surface area contributed by atoms with Crippen molar-refractivity contribution < 1.29 is 14.4 Å². The van der Waals surface area contributed by atoms with E-state index in [0.29, 0.717) is 22.0 Å². The molecule has 0 amide bonds. The smallest absolute Gasteiger partial charge is 0.335 e. The molecule has 0 aliphatic carbocycles. The lowest BCUT2D eigenvalue weighted by atomic mass is 10.0. The summed E-state index contributed by atoms with van der Waals surface area (Å²) in [4.78, 5) is 10.9. The number of carboxylic acids is 1. The minimum Gasteiger partial charge on any atom is -0.478 e. The summed E-state index contributed by atoms with van der Waals surface area (Å²) in [7, 11) is 0. The molecule has 0 atom stereocenters. The van der Waals surface area contributed by atoms with Crippen LogP contribution in [0.3, 0.4) is 0 Å². The van der Waals surface area contributed by atoms with Crippen LogP contribution in [0, 0.1) is 13.8 Å². The number of benzene rings is 1. The predicted molar refractivity (Wildman–Crippen MR) is 63.4 cm³/mol. The summed E-state index contributed by atoms with van der Waals surface area (Å²) in [5.41, 5.74) is 2.25. The van der Waals surface area contributed by atoms with Gasteiger partial charge in [0.2, 0.25) is 0 Å². The molecule has 5 heteroatoms. The van der Waals surface area contributed by atoms with Crippen LogP contribution in [-0.2, 0) is 0 Å². The van der Waals surface area contributed by atoms with Gasteiger partial charge in [-0.15, -0.1) is 0 Å². The summed E-state index contributed by atoms with van der Waals surface area (Å²) in [6.45, 7) is 3.55. The fraction of sp³-hybridized carbons (Fsp3) is 0.167. The Hall–Kier alpha value is -1.81. The van der Waals surface area contributed by atoms with E-state index in [9.17, 15) is 4.79 Å². The third-order valence-corrected chi connectivity index (χ3v) is 2.85. The number of hydrogen-bond acceptors (Lipinski definition) is 3. The molecule has 1 heterocycles. The summed E-state index contributed by atoms with van der Waals surface area (Å²) in [6, 6.07) is 4.55. The molecule has 4 nitrogen and oxygen atoms in total. The molecule has 0 aliphatic heterocycles. The van der Waals surface area contributed by atoms with E-state index < -0.39 is 5.97 Å². The van der Waals surface area contributed by atoms with Crippen molar-refractivity contribution >= 4 is 17.6 Å². The summed E-state index contributed by atoms with van der Waals surface area (Å²) in [5, 5.41) is 13.3. The fourth-order valence-corrected chi connectivity index (χ4v) is 1.93. The number of carbonyl (C=O) groups is 1. The van der Waals surface area contributed by atoms with Gasteiger partial charge >= 0.3 is 5.97 Å². The van der Waals surface area contributed by atoms with Gasteiger partial charge in [0.05, 0.1) is 11.3 Å². The molecule has 0 spiro atoms. The monoisotopic (exact) mass is 251 g/mol. The van der Waals surface area contributed by atoms with Crippen LogP contribution in [0.5, 0.6) is 0 Å². The van der Waals surface area contributed by atoms with Crippen LogP contribution >= 0.6 is 11.6 Å². The molecule has 1 aromatic carbocycles. The van der Waals surface area contributed by atoms with Crippen LogP contribution in [0.15, 0.2) is 22.7 Å². The maximum Gasteiger partial charge on any atom is 0.335 e. The minimum absolute atomic E-state index is 0.185. The van der Waals surface area contributed by atoms with Gasteiger partial charge in [-0.1, -0.05) is 16.8 Å². The van der Waals surface area contributed by atoms with Crippen LogP contribution in [0.2, 0.25) is 5.02 Å². The largest absolute Gasteiger partial charge is 0.478 e. The quantitative estimate of drug-likeness (QED) is 0.889. The van der Waals surface area contributed by atoms with Crippen LogP contribution in [0.25, 0.3) is 11.1 Å². The number of aryl methyl sites for hydroxylation is 2.